The Labute approximate surface area is 96.0 Å². The predicted octanol–water partition coefficient (Wildman–Crippen LogP) is 2.05. The number of aryl methyl sites for hydroxylation is 1. The lowest BCUT2D eigenvalue weighted by molar-refractivity contribution is 0.0247. The number of rotatable bonds is 3. The van der Waals surface area contributed by atoms with E-state index in [1.54, 1.807) is 0 Å². The smallest absolute Gasteiger partial charge is 0.125 e. The van der Waals surface area contributed by atoms with Crippen molar-refractivity contribution in [2.45, 2.75) is 32.5 Å². The molecule has 1 N–H and O–H groups in total. The summed E-state index contributed by atoms with van der Waals surface area (Å²) in [5.41, 5.74) is 2.01. The first kappa shape index (κ1) is 11.4. The summed E-state index contributed by atoms with van der Waals surface area (Å²) in [6.07, 6.45) is 2.08. The molecule has 1 heterocycles. The van der Waals surface area contributed by atoms with Crippen LogP contribution in [0.25, 0.3) is 0 Å². The standard InChI is InChI=1S/C13H18O3/c1-10-2-3-13(11(8-10)9-14)16-12-4-6-15-7-5-12/h2-3,8,12,14H,4-7,9H2,1H3. The normalized spacial score (nSPS) is 17.4. The Morgan fingerprint density at radius 3 is 2.81 bits per heavy atom. The van der Waals surface area contributed by atoms with Crippen molar-refractivity contribution in [1.29, 1.82) is 0 Å². The van der Waals surface area contributed by atoms with Gasteiger partial charge in [-0.1, -0.05) is 17.7 Å². The summed E-state index contributed by atoms with van der Waals surface area (Å²) in [6, 6.07) is 5.92. The molecule has 16 heavy (non-hydrogen) atoms. The quantitative estimate of drug-likeness (QED) is 0.850. The maximum absolute atomic E-state index is 9.27. The Kier molecular flexibility index (Phi) is 3.80. The van der Waals surface area contributed by atoms with E-state index in [0.29, 0.717) is 0 Å². The van der Waals surface area contributed by atoms with Crippen LogP contribution in [-0.4, -0.2) is 24.4 Å². The Bertz CT molecular complexity index is 343. The molecule has 0 spiro atoms. The lowest BCUT2D eigenvalue weighted by Gasteiger charge is -2.24. The predicted molar refractivity (Wildman–Crippen MR) is 61.6 cm³/mol. The SMILES string of the molecule is Cc1ccc(OC2CCOCC2)c(CO)c1. The van der Waals surface area contributed by atoms with Crippen molar-refractivity contribution < 1.29 is 14.6 Å². The van der Waals surface area contributed by atoms with Crippen molar-refractivity contribution >= 4 is 0 Å². The molecule has 0 aliphatic carbocycles. The largest absolute Gasteiger partial charge is 0.490 e. The van der Waals surface area contributed by atoms with Crippen LogP contribution in [0.5, 0.6) is 5.75 Å². The zero-order valence-electron chi connectivity index (χ0n) is 9.61. The fraction of sp³-hybridized carbons (Fsp3) is 0.538. The Hall–Kier alpha value is -1.06. The van der Waals surface area contributed by atoms with Gasteiger partial charge in [-0.05, 0) is 13.0 Å². The van der Waals surface area contributed by atoms with Gasteiger partial charge in [0.05, 0.1) is 19.8 Å². The van der Waals surface area contributed by atoms with Crippen molar-refractivity contribution in [3.05, 3.63) is 29.3 Å². The van der Waals surface area contributed by atoms with Crippen molar-refractivity contribution in [2.75, 3.05) is 13.2 Å². The first-order valence-electron chi connectivity index (χ1n) is 5.74. The monoisotopic (exact) mass is 222 g/mol. The molecule has 3 heteroatoms. The molecule has 0 saturated carbocycles. The molecule has 1 saturated heterocycles. The average Bonchev–Trinajstić information content (AvgIpc) is 2.33. The third-order valence-corrected chi connectivity index (χ3v) is 2.85. The minimum Gasteiger partial charge on any atom is -0.490 e. The van der Waals surface area contributed by atoms with Crippen LogP contribution in [0.2, 0.25) is 0 Å². The fourth-order valence-electron chi connectivity index (χ4n) is 1.92. The highest BCUT2D eigenvalue weighted by Crippen LogP contribution is 2.23. The second-order valence-corrected chi connectivity index (χ2v) is 4.20. The Morgan fingerprint density at radius 2 is 2.12 bits per heavy atom. The molecule has 1 aromatic rings. The highest BCUT2D eigenvalue weighted by atomic mass is 16.5. The summed E-state index contributed by atoms with van der Waals surface area (Å²) < 4.78 is 11.2. The summed E-state index contributed by atoms with van der Waals surface area (Å²) in [5, 5.41) is 9.27. The summed E-state index contributed by atoms with van der Waals surface area (Å²) >= 11 is 0. The molecule has 2 rings (SSSR count). The molecule has 88 valence electrons. The van der Waals surface area contributed by atoms with E-state index in [4.69, 9.17) is 9.47 Å². The number of hydrogen-bond acceptors (Lipinski definition) is 3. The van der Waals surface area contributed by atoms with Gasteiger partial charge in [0.1, 0.15) is 11.9 Å². The van der Waals surface area contributed by atoms with E-state index in [2.05, 4.69) is 0 Å². The first-order chi connectivity index (χ1) is 7.79. The second kappa shape index (κ2) is 5.32. The summed E-state index contributed by atoms with van der Waals surface area (Å²) in [4.78, 5) is 0. The van der Waals surface area contributed by atoms with Gasteiger partial charge in [-0.25, -0.2) is 0 Å². The minimum atomic E-state index is 0.0280. The number of aliphatic hydroxyl groups is 1. The molecule has 3 nitrogen and oxygen atoms in total. The van der Waals surface area contributed by atoms with E-state index in [1.807, 2.05) is 25.1 Å². The van der Waals surface area contributed by atoms with E-state index in [1.165, 1.54) is 0 Å². The average molecular weight is 222 g/mol. The van der Waals surface area contributed by atoms with Crippen molar-refractivity contribution in [3.63, 3.8) is 0 Å². The van der Waals surface area contributed by atoms with Crippen LogP contribution in [0.15, 0.2) is 18.2 Å². The van der Waals surface area contributed by atoms with Gasteiger partial charge in [-0.3, -0.25) is 0 Å². The summed E-state index contributed by atoms with van der Waals surface area (Å²) in [6.45, 7) is 3.58. The molecule has 0 atom stereocenters. The van der Waals surface area contributed by atoms with Gasteiger partial charge >= 0.3 is 0 Å². The van der Waals surface area contributed by atoms with Crippen LogP contribution >= 0.6 is 0 Å². The van der Waals surface area contributed by atoms with Crippen molar-refractivity contribution in [2.24, 2.45) is 0 Å². The molecule has 1 aliphatic heterocycles. The zero-order valence-corrected chi connectivity index (χ0v) is 9.61. The maximum Gasteiger partial charge on any atom is 0.125 e. The van der Waals surface area contributed by atoms with E-state index in [-0.39, 0.29) is 12.7 Å². The lowest BCUT2D eigenvalue weighted by atomic mass is 10.1. The molecule has 1 aromatic carbocycles. The Balaban J connectivity index is 2.07. The highest BCUT2D eigenvalue weighted by Gasteiger charge is 2.16. The van der Waals surface area contributed by atoms with E-state index in [0.717, 1.165) is 42.9 Å². The van der Waals surface area contributed by atoms with Gasteiger partial charge in [0.2, 0.25) is 0 Å². The minimum absolute atomic E-state index is 0.0280. The summed E-state index contributed by atoms with van der Waals surface area (Å²) in [5.74, 6) is 0.806. The number of hydrogen-bond donors (Lipinski definition) is 1. The van der Waals surface area contributed by atoms with E-state index >= 15 is 0 Å². The fourth-order valence-corrected chi connectivity index (χ4v) is 1.92. The van der Waals surface area contributed by atoms with Crippen LogP contribution < -0.4 is 4.74 Å². The third-order valence-electron chi connectivity index (χ3n) is 2.85. The van der Waals surface area contributed by atoms with Gasteiger partial charge in [0, 0.05) is 18.4 Å². The number of ether oxygens (including phenoxy) is 2. The number of aliphatic hydroxyl groups excluding tert-OH is 1. The maximum atomic E-state index is 9.27. The van der Waals surface area contributed by atoms with E-state index in [9.17, 15) is 5.11 Å². The van der Waals surface area contributed by atoms with Crippen LogP contribution in [0, 0.1) is 6.92 Å². The topological polar surface area (TPSA) is 38.7 Å². The van der Waals surface area contributed by atoms with Crippen molar-refractivity contribution in [3.8, 4) is 5.75 Å². The molecule has 0 radical (unpaired) electrons. The molecule has 1 aliphatic rings. The van der Waals surface area contributed by atoms with Crippen LogP contribution in [-0.2, 0) is 11.3 Å². The van der Waals surface area contributed by atoms with Gasteiger partial charge in [-0.2, -0.15) is 0 Å². The van der Waals surface area contributed by atoms with Gasteiger partial charge in [-0.15, -0.1) is 0 Å². The molecule has 0 bridgehead atoms. The molecule has 0 amide bonds. The zero-order chi connectivity index (χ0) is 11.4. The van der Waals surface area contributed by atoms with Crippen LogP contribution in [0.1, 0.15) is 24.0 Å². The van der Waals surface area contributed by atoms with Gasteiger partial charge in [0.25, 0.3) is 0 Å². The molecular weight excluding hydrogens is 204 g/mol. The number of benzene rings is 1. The van der Waals surface area contributed by atoms with Crippen LogP contribution in [0.3, 0.4) is 0 Å². The second-order valence-electron chi connectivity index (χ2n) is 4.20. The van der Waals surface area contributed by atoms with E-state index < -0.39 is 0 Å². The molecule has 0 aromatic heterocycles. The molecular formula is C13H18O3. The van der Waals surface area contributed by atoms with Crippen LogP contribution in [0.4, 0.5) is 0 Å². The summed E-state index contributed by atoms with van der Waals surface area (Å²) in [7, 11) is 0. The first-order valence-corrected chi connectivity index (χ1v) is 5.74. The lowest BCUT2D eigenvalue weighted by Crippen LogP contribution is -2.26. The van der Waals surface area contributed by atoms with Crippen molar-refractivity contribution in [1.82, 2.24) is 0 Å². The Morgan fingerprint density at radius 1 is 1.38 bits per heavy atom. The molecule has 1 fully saturated rings. The third kappa shape index (κ3) is 2.74. The van der Waals surface area contributed by atoms with Gasteiger partial charge < -0.3 is 14.6 Å². The highest BCUT2D eigenvalue weighted by molar-refractivity contribution is 5.36. The van der Waals surface area contributed by atoms with Gasteiger partial charge in [0.15, 0.2) is 0 Å². The molecule has 0 unspecified atom stereocenters.